The Labute approximate surface area is 575 Å². The van der Waals surface area contributed by atoms with E-state index in [4.69, 9.17) is 37.0 Å². The fourth-order valence-corrected chi connectivity index (χ4v) is 13.1. The van der Waals surface area contributed by atoms with Gasteiger partial charge in [-0.2, -0.15) is 0 Å². The lowest BCUT2D eigenvalue weighted by Crippen LogP contribution is -2.30. The Morgan fingerprint density at radius 1 is 0.287 bits per heavy atom. The second-order valence-corrected chi connectivity index (χ2v) is 30.9. The molecule has 0 saturated heterocycles. The summed E-state index contributed by atoms with van der Waals surface area (Å²) in [5.41, 5.74) is 0. The highest BCUT2D eigenvalue weighted by Gasteiger charge is 2.30. The van der Waals surface area contributed by atoms with Gasteiger partial charge in [0.2, 0.25) is 0 Å². The van der Waals surface area contributed by atoms with Gasteiger partial charge >= 0.3 is 39.5 Å². The number of aliphatic hydroxyl groups is 1. The summed E-state index contributed by atoms with van der Waals surface area (Å²) in [7, 11) is -9.91. The van der Waals surface area contributed by atoms with Gasteiger partial charge < -0.3 is 33.8 Å². The fourth-order valence-electron chi connectivity index (χ4n) is 11.5. The number of hydrogen-bond donors (Lipinski definition) is 3. The Hall–Kier alpha value is -1.94. The Kier molecular flexibility index (Phi) is 65.5. The summed E-state index contributed by atoms with van der Waals surface area (Å²) >= 11 is 0. The molecule has 3 N–H and O–H groups in total. The predicted molar refractivity (Wildman–Crippen MR) is 381 cm³/mol. The number of carbonyl (C=O) groups is 4. The van der Waals surface area contributed by atoms with E-state index in [1.54, 1.807) is 0 Å². The first-order chi connectivity index (χ1) is 45.4. The molecular formula is C75H146O17P2. The third-order valence-corrected chi connectivity index (χ3v) is 19.4. The van der Waals surface area contributed by atoms with Crippen LogP contribution in [0.25, 0.3) is 0 Å². The van der Waals surface area contributed by atoms with Crippen molar-refractivity contribution in [2.24, 2.45) is 11.8 Å². The van der Waals surface area contributed by atoms with Crippen molar-refractivity contribution in [1.82, 2.24) is 0 Å². The van der Waals surface area contributed by atoms with Crippen LogP contribution in [0.2, 0.25) is 0 Å². The van der Waals surface area contributed by atoms with Gasteiger partial charge in [0.1, 0.15) is 19.3 Å². The van der Waals surface area contributed by atoms with Crippen molar-refractivity contribution < 1.29 is 80.2 Å². The van der Waals surface area contributed by atoms with Gasteiger partial charge in [-0.05, 0) is 37.5 Å². The van der Waals surface area contributed by atoms with Crippen LogP contribution in [-0.4, -0.2) is 96.7 Å². The SMILES string of the molecule is CCCCCCCCCCCCCCCCCCC(=O)OC[C@H](COP(=O)(O)OC[C@@H](O)COP(=O)(O)OC[C@@H](COC(=O)CCCCCCCCCCCCC)OC(=O)CCCCCCCCCCC(C)C)OC(=O)CCCCCCCCCCCCCCCC(C)C. The van der Waals surface area contributed by atoms with Gasteiger partial charge in [0.05, 0.1) is 26.4 Å². The van der Waals surface area contributed by atoms with E-state index >= 15 is 0 Å². The lowest BCUT2D eigenvalue weighted by Gasteiger charge is -2.21. The zero-order valence-electron chi connectivity index (χ0n) is 61.3. The fraction of sp³-hybridized carbons (Fsp3) is 0.947. The molecule has 0 rings (SSSR count). The van der Waals surface area contributed by atoms with E-state index in [0.29, 0.717) is 25.7 Å². The minimum Gasteiger partial charge on any atom is -0.462 e. The normalized spacial score (nSPS) is 14.0. The third-order valence-electron chi connectivity index (χ3n) is 17.5. The molecule has 0 amide bonds. The quantitative estimate of drug-likeness (QED) is 0.0222. The summed E-state index contributed by atoms with van der Waals surface area (Å²) in [4.78, 5) is 72.8. The summed E-state index contributed by atoms with van der Waals surface area (Å²) in [6.45, 7) is 9.57. The van der Waals surface area contributed by atoms with Crippen LogP contribution in [0.3, 0.4) is 0 Å². The Morgan fingerprint density at radius 2 is 0.489 bits per heavy atom. The van der Waals surface area contributed by atoms with Gasteiger partial charge in [-0.3, -0.25) is 37.3 Å². The van der Waals surface area contributed by atoms with E-state index in [9.17, 15) is 43.2 Å². The van der Waals surface area contributed by atoms with Gasteiger partial charge in [-0.1, -0.05) is 337 Å². The van der Waals surface area contributed by atoms with Crippen molar-refractivity contribution in [3.63, 3.8) is 0 Å². The van der Waals surface area contributed by atoms with Crippen LogP contribution in [0.15, 0.2) is 0 Å². The van der Waals surface area contributed by atoms with Crippen molar-refractivity contribution in [3.05, 3.63) is 0 Å². The lowest BCUT2D eigenvalue weighted by molar-refractivity contribution is -0.161. The molecule has 0 aromatic carbocycles. The highest BCUT2D eigenvalue weighted by Crippen LogP contribution is 2.45. The molecule has 0 radical (unpaired) electrons. The van der Waals surface area contributed by atoms with Crippen molar-refractivity contribution in [2.45, 2.75) is 407 Å². The zero-order valence-corrected chi connectivity index (χ0v) is 63.1. The first-order valence-corrected chi connectivity index (χ1v) is 42.0. The molecule has 0 aromatic heterocycles. The molecular weight excluding hydrogens is 1230 g/mol. The Morgan fingerprint density at radius 3 is 0.723 bits per heavy atom. The van der Waals surface area contributed by atoms with E-state index in [1.165, 1.54) is 205 Å². The molecule has 0 fully saturated rings. The van der Waals surface area contributed by atoms with Crippen molar-refractivity contribution in [1.29, 1.82) is 0 Å². The van der Waals surface area contributed by atoms with Crippen molar-refractivity contribution in [3.8, 4) is 0 Å². The Bertz CT molecular complexity index is 1820. The highest BCUT2D eigenvalue weighted by molar-refractivity contribution is 7.47. The number of unbranched alkanes of at least 4 members (excludes halogenated alkanes) is 44. The monoisotopic (exact) mass is 1380 g/mol. The number of rotatable bonds is 74. The largest absolute Gasteiger partial charge is 0.472 e. The molecule has 0 aliphatic carbocycles. The predicted octanol–water partition coefficient (Wildman–Crippen LogP) is 21.9. The van der Waals surface area contributed by atoms with Crippen LogP contribution in [0.5, 0.6) is 0 Å². The number of phosphoric ester groups is 2. The van der Waals surface area contributed by atoms with E-state index < -0.39 is 97.5 Å². The third kappa shape index (κ3) is 68.6. The maximum absolute atomic E-state index is 13.1. The highest BCUT2D eigenvalue weighted by atomic mass is 31.2. The van der Waals surface area contributed by atoms with Crippen molar-refractivity contribution >= 4 is 39.5 Å². The minimum atomic E-state index is -4.96. The molecule has 558 valence electrons. The summed E-state index contributed by atoms with van der Waals surface area (Å²) in [5.74, 6) is -0.612. The van der Waals surface area contributed by atoms with Crippen LogP contribution < -0.4 is 0 Å². The maximum atomic E-state index is 13.1. The maximum Gasteiger partial charge on any atom is 0.472 e. The van der Waals surface area contributed by atoms with Crippen LogP contribution >= 0.6 is 15.6 Å². The topological polar surface area (TPSA) is 237 Å². The average molecular weight is 1380 g/mol. The smallest absolute Gasteiger partial charge is 0.462 e. The van der Waals surface area contributed by atoms with Crippen molar-refractivity contribution in [2.75, 3.05) is 39.6 Å². The van der Waals surface area contributed by atoms with Crippen LogP contribution in [0.4, 0.5) is 0 Å². The summed E-state index contributed by atoms with van der Waals surface area (Å²) in [6.07, 6.45) is 54.0. The second-order valence-electron chi connectivity index (χ2n) is 28.0. The van der Waals surface area contributed by atoms with Gasteiger partial charge in [0.15, 0.2) is 12.2 Å². The summed E-state index contributed by atoms with van der Waals surface area (Å²) in [6, 6.07) is 0. The standard InChI is InChI=1S/C75H146O17P2/c1-7-9-11-13-15-17-19-20-21-22-25-29-33-40-46-52-58-73(78)86-63-70(91-74(79)59-53-47-41-34-30-26-23-24-28-31-37-43-49-55-67(3)4)65-89-93(81,82)87-61-69(76)62-88-94(83,84)90-66-71(92-75(80)60-54-48-42-36-35-38-44-50-56-68(5)6)64-85-72(77)57-51-45-39-32-27-18-16-14-12-10-8-2/h67-71,76H,7-66H2,1-6H3,(H,81,82)(H,83,84)/t69-,70-,71-/m1/s1. The van der Waals surface area contributed by atoms with Gasteiger partial charge in [-0.25, -0.2) is 9.13 Å². The number of ether oxygens (including phenoxy) is 4. The molecule has 0 aromatic rings. The lowest BCUT2D eigenvalue weighted by atomic mass is 10.0. The molecule has 0 aliphatic heterocycles. The van der Waals surface area contributed by atoms with Crippen LogP contribution in [0, 0.1) is 11.8 Å². The second kappa shape index (κ2) is 66.9. The molecule has 0 spiro atoms. The molecule has 94 heavy (non-hydrogen) atoms. The van der Waals surface area contributed by atoms with Crippen LogP contribution in [-0.2, 0) is 65.4 Å². The molecule has 5 atom stereocenters. The Balaban J connectivity index is 5.24. The van der Waals surface area contributed by atoms with Gasteiger partial charge in [-0.15, -0.1) is 0 Å². The van der Waals surface area contributed by atoms with E-state index in [-0.39, 0.29) is 25.7 Å². The number of carbonyl (C=O) groups excluding carboxylic acids is 4. The molecule has 2 unspecified atom stereocenters. The molecule has 17 nitrogen and oxygen atoms in total. The van der Waals surface area contributed by atoms with Gasteiger partial charge in [0.25, 0.3) is 0 Å². The molecule has 19 heteroatoms. The first-order valence-electron chi connectivity index (χ1n) is 39.0. The van der Waals surface area contributed by atoms with Gasteiger partial charge in [0, 0.05) is 25.7 Å². The number of aliphatic hydroxyl groups excluding tert-OH is 1. The molecule has 0 heterocycles. The molecule has 0 aliphatic rings. The first kappa shape index (κ1) is 92.1. The number of hydrogen-bond acceptors (Lipinski definition) is 15. The molecule has 0 saturated carbocycles. The average Bonchev–Trinajstić information content (AvgIpc) is 1.74. The summed E-state index contributed by atoms with van der Waals surface area (Å²) < 4.78 is 68.5. The summed E-state index contributed by atoms with van der Waals surface area (Å²) in [5, 5.41) is 10.6. The zero-order chi connectivity index (χ0) is 69.3. The number of phosphoric acid groups is 2. The van der Waals surface area contributed by atoms with E-state index in [1.807, 2.05) is 0 Å². The van der Waals surface area contributed by atoms with E-state index in [2.05, 4.69) is 41.5 Å². The minimum absolute atomic E-state index is 0.105. The van der Waals surface area contributed by atoms with Crippen LogP contribution in [0.1, 0.15) is 388 Å². The molecule has 0 bridgehead atoms. The van der Waals surface area contributed by atoms with E-state index in [0.717, 1.165) is 102 Å². The number of esters is 4.